The van der Waals surface area contributed by atoms with Gasteiger partial charge in [0.25, 0.3) is 0 Å². The Bertz CT molecular complexity index is 124. The van der Waals surface area contributed by atoms with Gasteiger partial charge in [-0.05, 0) is 0 Å². The molecular weight excluding hydrogens is 130 g/mol. The molecule has 10 heavy (non-hydrogen) atoms. The summed E-state index contributed by atoms with van der Waals surface area (Å²) in [4.78, 5) is 0. The van der Waals surface area contributed by atoms with E-state index in [2.05, 4.69) is 6.92 Å². The van der Waals surface area contributed by atoms with Crippen molar-refractivity contribution in [3.63, 3.8) is 0 Å². The van der Waals surface area contributed by atoms with Gasteiger partial charge in [0.05, 0.1) is 25.4 Å². The minimum atomic E-state index is 0.106. The Labute approximate surface area is 60.5 Å². The van der Waals surface area contributed by atoms with E-state index in [1.807, 2.05) is 0 Å². The molecule has 0 aliphatic carbocycles. The maximum Gasteiger partial charge on any atom is 0.101 e. The molecule has 0 aromatic carbocycles. The van der Waals surface area contributed by atoms with Gasteiger partial charge in [-0.15, -0.1) is 0 Å². The molecular formula is C7H13NO2. The van der Waals surface area contributed by atoms with Crippen LogP contribution in [0.2, 0.25) is 0 Å². The summed E-state index contributed by atoms with van der Waals surface area (Å²) in [5.41, 5.74) is 5.73. The first kappa shape index (κ1) is 6.58. The SMILES string of the molecule is CC1CO[C@H]2[C@@H](N)CO[C@@H]12. The molecule has 0 aromatic heterocycles. The first-order chi connectivity index (χ1) is 4.79. The zero-order chi connectivity index (χ0) is 7.14. The summed E-state index contributed by atoms with van der Waals surface area (Å²) in [5, 5.41) is 0. The highest BCUT2D eigenvalue weighted by Gasteiger charge is 2.43. The van der Waals surface area contributed by atoms with E-state index in [0.29, 0.717) is 12.5 Å². The highest BCUT2D eigenvalue weighted by Crippen LogP contribution is 2.29. The quantitative estimate of drug-likeness (QED) is 0.508. The number of fused-ring (bicyclic) bond motifs is 1. The molecule has 2 N–H and O–H groups in total. The van der Waals surface area contributed by atoms with Gasteiger partial charge >= 0.3 is 0 Å². The first-order valence-electron chi connectivity index (χ1n) is 3.78. The van der Waals surface area contributed by atoms with Crippen molar-refractivity contribution in [2.45, 2.75) is 25.2 Å². The lowest BCUT2D eigenvalue weighted by molar-refractivity contribution is 0.0650. The maximum atomic E-state index is 5.73. The van der Waals surface area contributed by atoms with Crippen LogP contribution in [0.3, 0.4) is 0 Å². The van der Waals surface area contributed by atoms with Crippen LogP contribution >= 0.6 is 0 Å². The Morgan fingerprint density at radius 1 is 1.20 bits per heavy atom. The average molecular weight is 143 g/mol. The Kier molecular flexibility index (Phi) is 1.44. The molecule has 2 fully saturated rings. The van der Waals surface area contributed by atoms with Gasteiger partial charge in [0.15, 0.2) is 0 Å². The lowest BCUT2D eigenvalue weighted by Crippen LogP contribution is -2.35. The van der Waals surface area contributed by atoms with E-state index in [9.17, 15) is 0 Å². The molecule has 1 unspecified atom stereocenters. The van der Waals surface area contributed by atoms with Crippen molar-refractivity contribution in [2.24, 2.45) is 11.7 Å². The van der Waals surface area contributed by atoms with Crippen molar-refractivity contribution in [1.82, 2.24) is 0 Å². The molecule has 0 bridgehead atoms. The van der Waals surface area contributed by atoms with Gasteiger partial charge in [-0.3, -0.25) is 0 Å². The average Bonchev–Trinajstić information content (AvgIpc) is 2.41. The first-order valence-corrected chi connectivity index (χ1v) is 3.78. The van der Waals surface area contributed by atoms with E-state index in [1.165, 1.54) is 0 Å². The smallest absolute Gasteiger partial charge is 0.101 e. The summed E-state index contributed by atoms with van der Waals surface area (Å²) in [6, 6.07) is 0.106. The fraction of sp³-hybridized carbons (Fsp3) is 1.00. The van der Waals surface area contributed by atoms with Crippen LogP contribution in [0, 0.1) is 5.92 Å². The molecule has 3 nitrogen and oxygen atoms in total. The van der Waals surface area contributed by atoms with E-state index in [4.69, 9.17) is 15.2 Å². The predicted octanol–water partition coefficient (Wildman–Crippen LogP) is -0.253. The third-order valence-corrected chi connectivity index (χ3v) is 2.34. The van der Waals surface area contributed by atoms with Gasteiger partial charge in [-0.1, -0.05) is 6.92 Å². The zero-order valence-corrected chi connectivity index (χ0v) is 6.12. The second-order valence-corrected chi connectivity index (χ2v) is 3.24. The Morgan fingerprint density at radius 3 is 2.60 bits per heavy atom. The van der Waals surface area contributed by atoms with Gasteiger partial charge in [0.1, 0.15) is 6.10 Å². The fourth-order valence-electron chi connectivity index (χ4n) is 1.72. The van der Waals surface area contributed by atoms with Crippen molar-refractivity contribution >= 4 is 0 Å². The second-order valence-electron chi connectivity index (χ2n) is 3.24. The number of hydrogen-bond acceptors (Lipinski definition) is 3. The van der Waals surface area contributed by atoms with Gasteiger partial charge < -0.3 is 15.2 Å². The van der Waals surface area contributed by atoms with Crippen molar-refractivity contribution < 1.29 is 9.47 Å². The Balaban J connectivity index is 2.09. The number of rotatable bonds is 0. The van der Waals surface area contributed by atoms with Crippen LogP contribution in [0.15, 0.2) is 0 Å². The maximum absolute atomic E-state index is 5.73. The Morgan fingerprint density at radius 2 is 1.90 bits per heavy atom. The van der Waals surface area contributed by atoms with Crippen LogP contribution in [0.5, 0.6) is 0 Å². The second kappa shape index (κ2) is 2.19. The molecule has 0 spiro atoms. The lowest BCUT2D eigenvalue weighted by Gasteiger charge is -2.10. The summed E-state index contributed by atoms with van der Waals surface area (Å²) in [6.45, 7) is 3.62. The van der Waals surface area contributed by atoms with Gasteiger partial charge in [0, 0.05) is 5.92 Å². The standard InChI is InChI=1S/C7H13NO2/c1-4-2-9-7-5(8)3-10-6(4)7/h4-7H,2-3,8H2,1H3/t4?,5-,6-,7-/m0/s1. The summed E-state index contributed by atoms with van der Waals surface area (Å²) >= 11 is 0. The zero-order valence-electron chi connectivity index (χ0n) is 6.12. The number of hydrogen-bond donors (Lipinski definition) is 1. The largest absolute Gasteiger partial charge is 0.373 e. The fourth-order valence-corrected chi connectivity index (χ4v) is 1.72. The van der Waals surface area contributed by atoms with E-state index in [0.717, 1.165) is 6.61 Å². The molecule has 2 aliphatic heterocycles. The van der Waals surface area contributed by atoms with Crippen LogP contribution in [-0.2, 0) is 9.47 Å². The lowest BCUT2D eigenvalue weighted by atomic mass is 10.0. The number of ether oxygens (including phenoxy) is 2. The normalized spacial score (nSPS) is 53.4. The molecule has 0 radical (unpaired) electrons. The molecule has 0 aromatic rings. The van der Waals surface area contributed by atoms with Crippen molar-refractivity contribution in [2.75, 3.05) is 13.2 Å². The van der Waals surface area contributed by atoms with Crippen molar-refractivity contribution in [3.05, 3.63) is 0 Å². The van der Waals surface area contributed by atoms with Crippen LogP contribution in [-0.4, -0.2) is 31.5 Å². The topological polar surface area (TPSA) is 44.5 Å². The highest BCUT2D eigenvalue weighted by atomic mass is 16.6. The summed E-state index contributed by atoms with van der Waals surface area (Å²) in [6.07, 6.45) is 0.449. The summed E-state index contributed by atoms with van der Waals surface area (Å²) < 4.78 is 10.9. The minimum Gasteiger partial charge on any atom is -0.373 e. The van der Waals surface area contributed by atoms with E-state index in [-0.39, 0.29) is 18.2 Å². The molecule has 2 rings (SSSR count). The molecule has 58 valence electrons. The molecule has 0 saturated carbocycles. The molecule has 3 heteroatoms. The molecule has 2 heterocycles. The number of nitrogens with two attached hydrogens (primary N) is 1. The van der Waals surface area contributed by atoms with Crippen molar-refractivity contribution in [1.29, 1.82) is 0 Å². The van der Waals surface area contributed by atoms with Crippen LogP contribution in [0.25, 0.3) is 0 Å². The Hall–Kier alpha value is -0.120. The summed E-state index contributed by atoms with van der Waals surface area (Å²) in [5.74, 6) is 0.526. The minimum absolute atomic E-state index is 0.106. The van der Waals surface area contributed by atoms with E-state index in [1.54, 1.807) is 0 Å². The molecule has 2 aliphatic rings. The molecule has 4 atom stereocenters. The predicted molar refractivity (Wildman–Crippen MR) is 36.6 cm³/mol. The van der Waals surface area contributed by atoms with Crippen LogP contribution < -0.4 is 5.73 Å². The molecule has 2 saturated heterocycles. The van der Waals surface area contributed by atoms with Crippen LogP contribution in [0.4, 0.5) is 0 Å². The van der Waals surface area contributed by atoms with Gasteiger partial charge in [-0.2, -0.15) is 0 Å². The summed E-state index contributed by atoms with van der Waals surface area (Å²) in [7, 11) is 0. The monoisotopic (exact) mass is 143 g/mol. The van der Waals surface area contributed by atoms with E-state index >= 15 is 0 Å². The van der Waals surface area contributed by atoms with E-state index < -0.39 is 0 Å². The van der Waals surface area contributed by atoms with Gasteiger partial charge in [-0.25, -0.2) is 0 Å². The van der Waals surface area contributed by atoms with Crippen LogP contribution in [0.1, 0.15) is 6.92 Å². The third-order valence-electron chi connectivity index (χ3n) is 2.34. The van der Waals surface area contributed by atoms with Crippen molar-refractivity contribution in [3.8, 4) is 0 Å². The van der Waals surface area contributed by atoms with Gasteiger partial charge in [0.2, 0.25) is 0 Å². The highest BCUT2D eigenvalue weighted by molar-refractivity contribution is 4.94. The molecule has 0 amide bonds. The third kappa shape index (κ3) is 0.779.